The Balaban J connectivity index is 3.26. The number of ether oxygens (including phenoxy) is 8. The van der Waals surface area contributed by atoms with E-state index in [-0.39, 0.29) is 24.0 Å². The fourth-order valence-electron chi connectivity index (χ4n) is 4.52. The lowest BCUT2D eigenvalue weighted by atomic mass is 9.92. The number of carbonyl (C=O) groups is 6. The Kier molecular flexibility index (Phi) is 20.1. The van der Waals surface area contributed by atoms with Crippen molar-refractivity contribution in [2.24, 2.45) is 0 Å². The molecule has 1 aliphatic heterocycles. The normalized spacial score (nSPS) is 19.3. The van der Waals surface area contributed by atoms with E-state index in [0.717, 1.165) is 25.0 Å². The molecule has 1 heterocycles. The number of hydrogen-bond donors (Lipinski definition) is 0. The lowest BCUT2D eigenvalue weighted by Crippen LogP contribution is -2.58. The van der Waals surface area contributed by atoms with Crippen LogP contribution in [-0.2, 0) is 66.7 Å². The molecule has 14 heteroatoms. The lowest BCUT2D eigenvalue weighted by molar-refractivity contribution is -0.258. The minimum atomic E-state index is -0.896. The lowest BCUT2D eigenvalue weighted by Gasteiger charge is -2.47. The van der Waals surface area contributed by atoms with Crippen LogP contribution in [0.3, 0.4) is 0 Å². The number of esters is 6. The molecule has 4 atom stereocenters. The molecule has 0 spiro atoms. The van der Waals surface area contributed by atoms with E-state index in [0.29, 0.717) is 11.1 Å². The molecule has 0 radical (unpaired) electrons. The number of hydrogen-bond acceptors (Lipinski definition) is 14. The maximum absolute atomic E-state index is 11.9. The van der Waals surface area contributed by atoms with E-state index in [4.69, 9.17) is 37.9 Å². The van der Waals surface area contributed by atoms with E-state index in [1.807, 2.05) is 27.7 Å². The minimum Gasteiger partial charge on any atom is -0.457 e. The molecule has 0 amide bonds. The van der Waals surface area contributed by atoms with Crippen LogP contribution in [0.2, 0.25) is 0 Å². The standard InChI is InChI=1S/C42H52O14/c1-27(13-17-37(53-33(7)47)35(25-51-31(5)45)21-23-49-29(3)43)15-19-39-41(9,10)56-40(42(11,12)55-39)20-16-28(2)14-18-38(54-34(8)48)36(26-52-32(6)46)22-24-50-30(4)44/h13-14,21-26,37-40H,17-18H2,1-12H3/b23-21+,24-22+,27-13+,28-14+,35-25-,36-26-/t37-,38-,39?,40?/m0/s1. The van der Waals surface area contributed by atoms with Gasteiger partial charge in [-0.2, -0.15) is 0 Å². The average molecular weight is 781 g/mol. The van der Waals surface area contributed by atoms with Gasteiger partial charge in [0.05, 0.1) is 12.5 Å². The molecular weight excluding hydrogens is 728 g/mol. The zero-order chi connectivity index (χ0) is 42.6. The summed E-state index contributed by atoms with van der Waals surface area (Å²) in [5.41, 5.74) is -0.0260. The minimum absolute atomic E-state index is 0.148. The van der Waals surface area contributed by atoms with Crippen molar-refractivity contribution in [2.75, 3.05) is 0 Å². The van der Waals surface area contributed by atoms with Gasteiger partial charge in [-0.05, 0) is 64.8 Å². The maximum Gasteiger partial charge on any atom is 0.307 e. The third-order valence-electron chi connectivity index (χ3n) is 7.25. The Bertz CT molecular complexity index is 1650. The van der Waals surface area contributed by atoms with Crippen molar-refractivity contribution >= 4 is 35.8 Å². The Morgan fingerprint density at radius 3 is 1.14 bits per heavy atom. The zero-order valence-corrected chi connectivity index (χ0v) is 34.1. The first-order valence-electron chi connectivity index (χ1n) is 17.5. The summed E-state index contributed by atoms with van der Waals surface area (Å²) in [4.78, 5) is 69.2. The van der Waals surface area contributed by atoms with E-state index in [1.54, 1.807) is 26.0 Å². The van der Waals surface area contributed by atoms with Crippen LogP contribution in [0.5, 0.6) is 0 Å². The largest absolute Gasteiger partial charge is 0.457 e. The van der Waals surface area contributed by atoms with Gasteiger partial charge in [0, 0.05) is 65.5 Å². The van der Waals surface area contributed by atoms with E-state index >= 15 is 0 Å². The van der Waals surface area contributed by atoms with Crippen LogP contribution in [0, 0.1) is 23.7 Å². The molecule has 0 aromatic carbocycles. The van der Waals surface area contributed by atoms with Gasteiger partial charge in [-0.3, -0.25) is 28.8 Å². The summed E-state index contributed by atoms with van der Waals surface area (Å²) in [6, 6.07) is 0. The van der Waals surface area contributed by atoms with Gasteiger partial charge >= 0.3 is 35.8 Å². The van der Waals surface area contributed by atoms with Crippen LogP contribution in [0.25, 0.3) is 0 Å². The van der Waals surface area contributed by atoms with Gasteiger partial charge in [0.2, 0.25) is 0 Å². The van der Waals surface area contributed by atoms with Crippen molar-refractivity contribution in [2.45, 2.75) is 132 Å². The van der Waals surface area contributed by atoms with Crippen molar-refractivity contribution in [3.8, 4) is 23.7 Å². The summed E-state index contributed by atoms with van der Waals surface area (Å²) >= 11 is 0. The molecule has 1 saturated heterocycles. The summed E-state index contributed by atoms with van der Waals surface area (Å²) in [5, 5.41) is 0. The van der Waals surface area contributed by atoms with Gasteiger partial charge in [-0.15, -0.1) is 0 Å². The summed E-state index contributed by atoms with van der Waals surface area (Å²) in [7, 11) is 0. The summed E-state index contributed by atoms with van der Waals surface area (Å²) < 4.78 is 43.4. The Hall–Kier alpha value is -5.70. The van der Waals surface area contributed by atoms with Gasteiger partial charge in [0.1, 0.15) is 48.1 Å². The molecule has 0 aliphatic carbocycles. The monoisotopic (exact) mass is 780 g/mol. The van der Waals surface area contributed by atoms with Crippen LogP contribution in [0.4, 0.5) is 0 Å². The van der Waals surface area contributed by atoms with Crippen LogP contribution >= 0.6 is 0 Å². The van der Waals surface area contributed by atoms with Gasteiger partial charge in [0.15, 0.2) is 0 Å². The van der Waals surface area contributed by atoms with Gasteiger partial charge in [-0.25, -0.2) is 0 Å². The highest BCUT2D eigenvalue weighted by atomic mass is 16.6. The van der Waals surface area contributed by atoms with E-state index in [2.05, 4.69) is 23.7 Å². The Morgan fingerprint density at radius 1 is 0.536 bits per heavy atom. The van der Waals surface area contributed by atoms with Crippen molar-refractivity contribution in [3.05, 3.63) is 71.6 Å². The summed E-state index contributed by atoms with van der Waals surface area (Å²) in [6.07, 6.45) is 7.80. The molecule has 2 unspecified atom stereocenters. The molecule has 304 valence electrons. The maximum atomic E-state index is 11.9. The Labute approximate surface area is 328 Å². The van der Waals surface area contributed by atoms with Crippen molar-refractivity contribution in [1.29, 1.82) is 0 Å². The highest BCUT2D eigenvalue weighted by Gasteiger charge is 2.47. The van der Waals surface area contributed by atoms with Crippen LogP contribution in [0.1, 0.15) is 95.9 Å². The number of rotatable bonds is 14. The molecule has 14 nitrogen and oxygen atoms in total. The molecule has 0 saturated carbocycles. The van der Waals surface area contributed by atoms with E-state index < -0.39 is 71.4 Å². The zero-order valence-electron chi connectivity index (χ0n) is 34.1. The smallest absolute Gasteiger partial charge is 0.307 e. The van der Waals surface area contributed by atoms with Crippen LogP contribution < -0.4 is 0 Å². The SMILES string of the molecule is CC(=O)O/C=C(/C=C/OC(C)=O)[C@H](C/C=C(\C)C#CC1OC(C)(C)C(C#C/C(C)=C/C[C@H](OC(C)=O)C(=C\OC(C)=O)/C=C/OC(C)=O)OC1(C)C)OC(C)=O. The number of carbonyl (C=O) groups excluding carboxylic acids is 6. The van der Waals surface area contributed by atoms with Crippen LogP contribution in [0.15, 0.2) is 71.6 Å². The van der Waals surface area contributed by atoms with Gasteiger partial charge in [0.25, 0.3) is 0 Å². The molecule has 0 bridgehead atoms. The predicted octanol–water partition coefficient (Wildman–Crippen LogP) is 5.92. The van der Waals surface area contributed by atoms with Gasteiger partial charge in [-0.1, -0.05) is 35.8 Å². The molecule has 1 fully saturated rings. The molecule has 56 heavy (non-hydrogen) atoms. The first kappa shape index (κ1) is 48.3. The Morgan fingerprint density at radius 2 is 0.857 bits per heavy atom. The van der Waals surface area contributed by atoms with Gasteiger partial charge < -0.3 is 37.9 Å². The predicted molar refractivity (Wildman–Crippen MR) is 203 cm³/mol. The fourth-order valence-corrected chi connectivity index (χ4v) is 4.52. The second kappa shape index (κ2) is 23.3. The second-order valence-electron chi connectivity index (χ2n) is 13.5. The molecule has 1 aliphatic rings. The quantitative estimate of drug-likeness (QED) is 0.0668. The van der Waals surface area contributed by atoms with Crippen molar-refractivity contribution < 1.29 is 66.7 Å². The average Bonchev–Trinajstić information content (AvgIpc) is 3.06. The highest BCUT2D eigenvalue weighted by Crippen LogP contribution is 2.35. The number of allylic oxidation sites excluding steroid dienone is 2. The molecule has 1 rings (SSSR count). The second-order valence-corrected chi connectivity index (χ2v) is 13.5. The van der Waals surface area contributed by atoms with Crippen molar-refractivity contribution in [3.63, 3.8) is 0 Å². The van der Waals surface area contributed by atoms with Crippen molar-refractivity contribution in [1.82, 2.24) is 0 Å². The third-order valence-corrected chi connectivity index (χ3v) is 7.25. The molecule has 0 aromatic heterocycles. The van der Waals surface area contributed by atoms with E-state index in [1.165, 1.54) is 53.7 Å². The summed E-state index contributed by atoms with van der Waals surface area (Å²) in [5.74, 6) is 8.94. The van der Waals surface area contributed by atoms with Crippen LogP contribution in [-0.4, -0.2) is 71.4 Å². The van der Waals surface area contributed by atoms with E-state index in [9.17, 15) is 28.8 Å². The first-order valence-corrected chi connectivity index (χ1v) is 17.5. The highest BCUT2D eigenvalue weighted by molar-refractivity contribution is 5.69. The topological polar surface area (TPSA) is 176 Å². The summed E-state index contributed by atoms with van der Waals surface area (Å²) in [6.45, 7) is 18.2. The molecule has 0 aromatic rings. The third kappa shape index (κ3) is 19.6. The molecular formula is C42H52O14. The molecule has 0 N–H and O–H groups in total. The first-order chi connectivity index (χ1) is 26.0. The fraction of sp³-hybridized carbons (Fsp3) is 0.476.